The number of nitrogens with zero attached hydrogens (tertiary/aromatic N) is 1. The van der Waals surface area contributed by atoms with E-state index in [1.165, 1.54) is 0 Å². The Hall–Kier alpha value is -0.850. The molecule has 1 fully saturated rings. The van der Waals surface area contributed by atoms with Gasteiger partial charge in [0.2, 0.25) is 0 Å². The van der Waals surface area contributed by atoms with E-state index in [4.69, 9.17) is 23.8 Å². The average Bonchev–Trinajstić information content (AvgIpc) is 2.81. The number of hydrogen-bond donors (Lipinski definition) is 1. The molecule has 2 rings (SSSR count). The topological polar surface area (TPSA) is 49.4 Å². The molecule has 22 heavy (non-hydrogen) atoms. The first-order valence-electron chi connectivity index (χ1n) is 7.37. The quantitative estimate of drug-likeness (QED) is 0.835. The second kappa shape index (κ2) is 7.15. The van der Waals surface area contributed by atoms with Crippen molar-refractivity contribution in [3.05, 3.63) is 28.8 Å². The Morgan fingerprint density at radius 3 is 2.82 bits per heavy atom. The maximum atomic E-state index is 11.7. The number of sulfone groups is 1. The minimum absolute atomic E-state index is 0.0376. The first kappa shape index (κ1) is 17.5. The van der Waals surface area contributed by atoms with Crippen LogP contribution in [0.3, 0.4) is 0 Å². The first-order valence-corrected chi connectivity index (χ1v) is 9.98. The van der Waals surface area contributed by atoms with E-state index in [0.717, 1.165) is 24.2 Å². The van der Waals surface area contributed by atoms with Gasteiger partial charge >= 0.3 is 0 Å². The van der Waals surface area contributed by atoms with Crippen LogP contribution in [-0.2, 0) is 9.84 Å². The minimum atomic E-state index is -2.93. The van der Waals surface area contributed by atoms with Gasteiger partial charge in [0.05, 0.1) is 11.5 Å². The number of halogens is 1. The maximum absolute atomic E-state index is 11.7. The van der Waals surface area contributed by atoms with Crippen molar-refractivity contribution in [2.75, 3.05) is 23.4 Å². The Labute approximate surface area is 142 Å². The molecule has 1 N–H and O–H groups in total. The van der Waals surface area contributed by atoms with E-state index in [1.54, 1.807) is 0 Å². The molecular formula is C15H21ClN2O2S2. The third-order valence-electron chi connectivity index (χ3n) is 3.88. The molecule has 0 radical (unpaired) electrons. The molecule has 1 saturated heterocycles. The molecule has 0 saturated carbocycles. The van der Waals surface area contributed by atoms with Crippen molar-refractivity contribution < 1.29 is 8.42 Å². The van der Waals surface area contributed by atoms with Gasteiger partial charge in [0.15, 0.2) is 14.9 Å². The largest absolute Gasteiger partial charge is 0.345 e. The molecule has 1 aromatic carbocycles. The lowest BCUT2D eigenvalue weighted by Gasteiger charge is -2.31. The second-order valence-electron chi connectivity index (χ2n) is 5.59. The highest BCUT2D eigenvalue weighted by Crippen LogP contribution is 2.24. The molecule has 1 aliphatic heterocycles. The van der Waals surface area contributed by atoms with Gasteiger partial charge in [0, 0.05) is 23.3 Å². The number of nitrogens with one attached hydrogen (secondary N) is 1. The first-order chi connectivity index (χ1) is 10.3. The van der Waals surface area contributed by atoms with E-state index in [0.29, 0.717) is 16.6 Å². The van der Waals surface area contributed by atoms with Gasteiger partial charge in [-0.05, 0) is 49.7 Å². The molecule has 0 amide bonds. The predicted octanol–water partition coefficient (Wildman–Crippen LogP) is 3.24. The molecule has 1 heterocycles. The molecule has 1 atom stereocenters. The zero-order valence-electron chi connectivity index (χ0n) is 12.8. The van der Waals surface area contributed by atoms with Crippen molar-refractivity contribution in [2.24, 2.45) is 0 Å². The minimum Gasteiger partial charge on any atom is -0.345 e. The van der Waals surface area contributed by atoms with Crippen LogP contribution >= 0.6 is 23.8 Å². The second-order valence-corrected chi connectivity index (χ2v) is 8.62. The SMILES string of the molecule is CCCN(C(=S)Nc1cccc(Cl)c1C)[C@H]1CCS(=O)(=O)C1. The number of anilines is 1. The van der Waals surface area contributed by atoms with Crippen molar-refractivity contribution in [3.63, 3.8) is 0 Å². The summed E-state index contributed by atoms with van der Waals surface area (Å²) in [5, 5.41) is 4.46. The van der Waals surface area contributed by atoms with E-state index in [2.05, 4.69) is 12.2 Å². The lowest BCUT2D eigenvalue weighted by atomic mass is 10.2. The van der Waals surface area contributed by atoms with Crippen LogP contribution in [0.15, 0.2) is 18.2 Å². The Bertz CT molecular complexity index is 662. The van der Waals surface area contributed by atoms with Gasteiger partial charge < -0.3 is 10.2 Å². The molecule has 1 aromatic rings. The molecule has 7 heteroatoms. The number of thiocarbonyl (C=S) groups is 1. The Balaban J connectivity index is 2.15. The van der Waals surface area contributed by atoms with Crippen LogP contribution in [0, 0.1) is 6.92 Å². The third kappa shape index (κ3) is 4.12. The fraction of sp³-hybridized carbons (Fsp3) is 0.533. The highest BCUT2D eigenvalue weighted by Gasteiger charge is 2.33. The standard InChI is InChI=1S/C15H21ClN2O2S2/c1-3-8-18(12-7-9-22(19,20)10-12)15(21)17-14-6-4-5-13(16)11(14)2/h4-6,12H,3,7-10H2,1-2H3,(H,17,21)/t12-/m0/s1. The van der Waals surface area contributed by atoms with Crippen LogP contribution in [-0.4, -0.2) is 42.5 Å². The van der Waals surface area contributed by atoms with Crippen LogP contribution in [0.1, 0.15) is 25.3 Å². The zero-order valence-corrected chi connectivity index (χ0v) is 15.2. The molecule has 0 aliphatic carbocycles. The molecular weight excluding hydrogens is 340 g/mol. The summed E-state index contributed by atoms with van der Waals surface area (Å²) in [4.78, 5) is 2.00. The van der Waals surface area contributed by atoms with Crippen molar-refractivity contribution in [3.8, 4) is 0 Å². The smallest absolute Gasteiger partial charge is 0.173 e. The van der Waals surface area contributed by atoms with Gasteiger partial charge in [-0.3, -0.25) is 0 Å². The summed E-state index contributed by atoms with van der Waals surface area (Å²) in [6, 6.07) is 5.58. The van der Waals surface area contributed by atoms with E-state index >= 15 is 0 Å². The van der Waals surface area contributed by atoms with Gasteiger partial charge in [0.25, 0.3) is 0 Å². The van der Waals surface area contributed by atoms with E-state index < -0.39 is 9.84 Å². The summed E-state index contributed by atoms with van der Waals surface area (Å²) in [6.45, 7) is 4.73. The lowest BCUT2D eigenvalue weighted by Crippen LogP contribution is -2.44. The van der Waals surface area contributed by atoms with E-state index in [-0.39, 0.29) is 17.5 Å². The fourth-order valence-electron chi connectivity index (χ4n) is 2.64. The van der Waals surface area contributed by atoms with Gasteiger partial charge in [-0.2, -0.15) is 0 Å². The zero-order chi connectivity index (χ0) is 16.3. The summed E-state index contributed by atoms with van der Waals surface area (Å²) < 4.78 is 23.4. The predicted molar refractivity (Wildman–Crippen MR) is 96.5 cm³/mol. The molecule has 0 aromatic heterocycles. The number of hydrogen-bond acceptors (Lipinski definition) is 3. The molecule has 0 spiro atoms. The highest BCUT2D eigenvalue weighted by atomic mass is 35.5. The van der Waals surface area contributed by atoms with E-state index in [1.807, 2.05) is 30.0 Å². The lowest BCUT2D eigenvalue weighted by molar-refractivity contribution is 0.339. The van der Waals surface area contributed by atoms with Crippen LogP contribution in [0.2, 0.25) is 5.02 Å². The monoisotopic (exact) mass is 360 g/mol. The van der Waals surface area contributed by atoms with Gasteiger partial charge in [-0.25, -0.2) is 8.42 Å². The van der Waals surface area contributed by atoms with Crippen molar-refractivity contribution in [1.29, 1.82) is 0 Å². The van der Waals surface area contributed by atoms with Crippen molar-refractivity contribution in [1.82, 2.24) is 4.90 Å². The summed E-state index contributed by atoms with van der Waals surface area (Å²) in [5.41, 5.74) is 1.79. The Morgan fingerprint density at radius 2 is 2.23 bits per heavy atom. The van der Waals surface area contributed by atoms with Gasteiger partial charge in [0.1, 0.15) is 0 Å². The number of benzene rings is 1. The van der Waals surface area contributed by atoms with Crippen LogP contribution in [0.4, 0.5) is 5.69 Å². The van der Waals surface area contributed by atoms with Gasteiger partial charge in [-0.1, -0.05) is 24.6 Å². The summed E-state index contributed by atoms with van der Waals surface area (Å²) in [7, 11) is -2.93. The average molecular weight is 361 g/mol. The van der Waals surface area contributed by atoms with Gasteiger partial charge in [-0.15, -0.1) is 0 Å². The molecule has 4 nitrogen and oxygen atoms in total. The maximum Gasteiger partial charge on any atom is 0.173 e. The molecule has 1 aliphatic rings. The Kier molecular flexibility index (Phi) is 5.69. The van der Waals surface area contributed by atoms with Crippen molar-refractivity contribution in [2.45, 2.75) is 32.7 Å². The summed E-state index contributed by atoms with van der Waals surface area (Å²) in [5.74, 6) is 0.431. The molecule has 122 valence electrons. The fourth-order valence-corrected chi connectivity index (χ4v) is 4.90. The summed E-state index contributed by atoms with van der Waals surface area (Å²) in [6.07, 6.45) is 1.55. The number of rotatable bonds is 4. The van der Waals surface area contributed by atoms with Crippen LogP contribution in [0.25, 0.3) is 0 Å². The summed E-state index contributed by atoms with van der Waals surface area (Å²) >= 11 is 11.6. The molecule has 0 unspecified atom stereocenters. The normalized spacial score (nSPS) is 19.9. The highest BCUT2D eigenvalue weighted by molar-refractivity contribution is 7.91. The molecule has 0 bridgehead atoms. The van der Waals surface area contributed by atoms with E-state index in [9.17, 15) is 8.42 Å². The van der Waals surface area contributed by atoms with Crippen LogP contribution < -0.4 is 5.32 Å². The van der Waals surface area contributed by atoms with Crippen molar-refractivity contribution >= 4 is 44.5 Å². The Morgan fingerprint density at radius 1 is 1.50 bits per heavy atom. The third-order valence-corrected chi connectivity index (χ3v) is 6.38. The van der Waals surface area contributed by atoms with Crippen LogP contribution in [0.5, 0.6) is 0 Å².